The zero-order chi connectivity index (χ0) is 25.8. The number of nitrogens with one attached hydrogen (secondary N) is 1. The molecule has 4 aliphatic rings. The van der Waals surface area contributed by atoms with Crippen molar-refractivity contribution in [2.24, 2.45) is 17.6 Å². The smallest absolute Gasteiger partial charge is 0.225 e. The SMILES string of the molecule is NC(=O)C1Cc2nc(-c3ccc4c(c3)CCO4)n(-c3ccnc(N[C@@H]4CCCN(C(=O)C5CC5)C4)n3)c2C1. The van der Waals surface area contributed by atoms with E-state index in [0.29, 0.717) is 37.8 Å². The van der Waals surface area contributed by atoms with E-state index >= 15 is 0 Å². The molecule has 2 aromatic heterocycles. The highest BCUT2D eigenvalue weighted by molar-refractivity contribution is 5.81. The molecule has 1 saturated heterocycles. The van der Waals surface area contributed by atoms with Gasteiger partial charge >= 0.3 is 0 Å². The molecule has 0 spiro atoms. The van der Waals surface area contributed by atoms with Crippen molar-refractivity contribution in [1.29, 1.82) is 0 Å². The maximum Gasteiger partial charge on any atom is 0.225 e. The van der Waals surface area contributed by atoms with Gasteiger partial charge in [-0.1, -0.05) is 0 Å². The van der Waals surface area contributed by atoms with Gasteiger partial charge in [0.05, 0.1) is 12.3 Å². The predicted octanol–water partition coefficient (Wildman–Crippen LogP) is 2.28. The fraction of sp³-hybridized carbons (Fsp3) is 0.464. The number of primary amides is 1. The summed E-state index contributed by atoms with van der Waals surface area (Å²) in [6.45, 7) is 2.19. The van der Waals surface area contributed by atoms with Crippen molar-refractivity contribution >= 4 is 17.8 Å². The number of anilines is 1. The number of aromatic nitrogens is 4. The molecule has 1 saturated carbocycles. The molecule has 2 amide bonds. The number of nitrogens with two attached hydrogens (primary N) is 1. The largest absolute Gasteiger partial charge is 0.493 e. The summed E-state index contributed by atoms with van der Waals surface area (Å²) in [5.74, 6) is 2.86. The Balaban J connectivity index is 1.21. The molecule has 10 nitrogen and oxygen atoms in total. The van der Waals surface area contributed by atoms with Crippen molar-refractivity contribution < 1.29 is 14.3 Å². The second-order valence-corrected chi connectivity index (χ2v) is 10.9. The first-order chi connectivity index (χ1) is 18.5. The Morgan fingerprint density at radius 3 is 2.82 bits per heavy atom. The molecule has 1 aromatic carbocycles. The predicted molar refractivity (Wildman–Crippen MR) is 140 cm³/mol. The van der Waals surface area contributed by atoms with Gasteiger partial charge in [-0.25, -0.2) is 9.97 Å². The lowest BCUT2D eigenvalue weighted by atomic mass is 10.1. The molecule has 3 aromatic rings. The van der Waals surface area contributed by atoms with E-state index in [-0.39, 0.29) is 29.7 Å². The fourth-order valence-electron chi connectivity index (χ4n) is 5.99. The minimum Gasteiger partial charge on any atom is -0.493 e. The first-order valence-electron chi connectivity index (χ1n) is 13.6. The molecule has 2 aliphatic heterocycles. The van der Waals surface area contributed by atoms with Crippen molar-refractivity contribution in [3.8, 4) is 23.0 Å². The molecule has 4 heterocycles. The van der Waals surface area contributed by atoms with E-state index in [9.17, 15) is 9.59 Å². The van der Waals surface area contributed by atoms with Crippen molar-refractivity contribution in [1.82, 2.24) is 24.4 Å². The Morgan fingerprint density at radius 2 is 1.97 bits per heavy atom. The molecule has 2 atom stereocenters. The first kappa shape index (κ1) is 23.2. The van der Waals surface area contributed by atoms with Crippen LogP contribution in [0.2, 0.25) is 0 Å². The maximum atomic E-state index is 12.6. The van der Waals surface area contributed by atoms with Crippen LogP contribution in [-0.2, 0) is 28.9 Å². The Labute approximate surface area is 220 Å². The fourth-order valence-corrected chi connectivity index (χ4v) is 5.99. The lowest BCUT2D eigenvalue weighted by Gasteiger charge is -2.33. The van der Waals surface area contributed by atoms with E-state index in [0.717, 1.165) is 67.2 Å². The second-order valence-electron chi connectivity index (χ2n) is 10.9. The molecule has 2 aliphatic carbocycles. The second kappa shape index (κ2) is 9.11. The summed E-state index contributed by atoms with van der Waals surface area (Å²) in [5.41, 5.74) is 9.66. The lowest BCUT2D eigenvalue weighted by molar-refractivity contribution is -0.133. The van der Waals surface area contributed by atoms with Crippen molar-refractivity contribution in [2.75, 3.05) is 25.0 Å². The molecule has 10 heteroatoms. The minimum atomic E-state index is -0.307. The van der Waals surface area contributed by atoms with E-state index in [1.54, 1.807) is 6.20 Å². The van der Waals surface area contributed by atoms with Gasteiger partial charge in [0.1, 0.15) is 17.4 Å². The number of rotatable bonds is 6. The number of benzene rings is 1. The van der Waals surface area contributed by atoms with Crippen LogP contribution in [0.25, 0.3) is 17.2 Å². The topological polar surface area (TPSA) is 128 Å². The van der Waals surface area contributed by atoms with E-state index in [4.69, 9.17) is 20.4 Å². The van der Waals surface area contributed by atoms with E-state index < -0.39 is 0 Å². The average molecular weight is 514 g/mol. The number of carbonyl (C=O) groups excluding carboxylic acids is 2. The monoisotopic (exact) mass is 513 g/mol. The summed E-state index contributed by atoms with van der Waals surface area (Å²) >= 11 is 0. The summed E-state index contributed by atoms with van der Waals surface area (Å²) < 4.78 is 7.75. The quantitative estimate of drug-likeness (QED) is 0.517. The summed E-state index contributed by atoms with van der Waals surface area (Å²) in [6, 6.07) is 8.13. The molecule has 1 unspecified atom stereocenters. The van der Waals surface area contributed by atoms with Crippen molar-refractivity contribution in [2.45, 2.75) is 51.0 Å². The normalized spacial score (nSPS) is 22.1. The highest BCUT2D eigenvalue weighted by atomic mass is 16.5. The van der Waals surface area contributed by atoms with Crippen LogP contribution in [-0.4, -0.2) is 62.0 Å². The number of ether oxygens (including phenoxy) is 1. The van der Waals surface area contributed by atoms with Gasteiger partial charge in [0.15, 0.2) is 0 Å². The van der Waals surface area contributed by atoms with E-state index in [2.05, 4.69) is 16.4 Å². The van der Waals surface area contributed by atoms with Gasteiger partial charge in [-0.3, -0.25) is 14.2 Å². The molecular formula is C28H31N7O3. The van der Waals surface area contributed by atoms with Gasteiger partial charge in [0.2, 0.25) is 17.8 Å². The van der Waals surface area contributed by atoms with Gasteiger partial charge in [-0.05, 0) is 55.5 Å². The van der Waals surface area contributed by atoms with Crippen LogP contribution in [0, 0.1) is 11.8 Å². The number of nitrogens with zero attached hydrogens (tertiary/aromatic N) is 5. The standard InChI is InChI=1S/C28H31N7O3/c29-25(36)19-13-21-22(14-19)35(26(32-21)18-5-6-23-17(12-18)8-11-38-23)24-7-9-30-28(33-24)31-20-2-1-10-34(15-20)27(37)16-3-4-16/h5-7,9,12,16,19-20H,1-4,8,10-11,13-15H2,(H2,29,36)(H,30,31,33)/t19?,20-/m1/s1. The van der Waals surface area contributed by atoms with Gasteiger partial charge < -0.3 is 20.7 Å². The van der Waals surface area contributed by atoms with Crippen molar-refractivity contribution in [3.05, 3.63) is 47.4 Å². The van der Waals surface area contributed by atoms with Crippen LogP contribution in [0.15, 0.2) is 30.5 Å². The summed E-state index contributed by atoms with van der Waals surface area (Å²) in [5, 5.41) is 3.47. The lowest BCUT2D eigenvalue weighted by Crippen LogP contribution is -2.45. The third-order valence-electron chi connectivity index (χ3n) is 8.15. The van der Waals surface area contributed by atoms with Crippen LogP contribution in [0.1, 0.15) is 42.6 Å². The summed E-state index contributed by atoms with van der Waals surface area (Å²) in [4.78, 5) is 41.0. The third kappa shape index (κ3) is 4.17. The van der Waals surface area contributed by atoms with Crippen LogP contribution < -0.4 is 15.8 Å². The zero-order valence-corrected chi connectivity index (χ0v) is 21.2. The molecule has 2 fully saturated rings. The van der Waals surface area contributed by atoms with E-state index in [1.165, 1.54) is 5.56 Å². The zero-order valence-electron chi connectivity index (χ0n) is 21.2. The maximum absolute atomic E-state index is 12.6. The van der Waals surface area contributed by atoms with Crippen molar-refractivity contribution in [3.63, 3.8) is 0 Å². The number of hydrogen-bond donors (Lipinski definition) is 2. The molecule has 38 heavy (non-hydrogen) atoms. The Morgan fingerprint density at radius 1 is 1.08 bits per heavy atom. The average Bonchev–Trinajstić information content (AvgIpc) is 3.35. The number of amides is 2. The molecule has 0 bridgehead atoms. The highest BCUT2D eigenvalue weighted by Crippen LogP contribution is 2.36. The number of fused-ring (bicyclic) bond motifs is 2. The van der Waals surface area contributed by atoms with Crippen LogP contribution in [0.3, 0.4) is 0 Å². The summed E-state index contributed by atoms with van der Waals surface area (Å²) in [6.07, 6.45) is 7.64. The number of imidazole rings is 1. The van der Waals surface area contributed by atoms with E-state index in [1.807, 2.05) is 27.7 Å². The summed E-state index contributed by atoms with van der Waals surface area (Å²) in [7, 11) is 0. The van der Waals surface area contributed by atoms with Crippen LogP contribution in [0.4, 0.5) is 5.95 Å². The Bertz CT molecular complexity index is 1430. The molecule has 7 rings (SSSR count). The number of hydrogen-bond acceptors (Lipinski definition) is 7. The minimum absolute atomic E-state index is 0.102. The first-order valence-corrected chi connectivity index (χ1v) is 13.6. The highest BCUT2D eigenvalue weighted by Gasteiger charge is 2.36. The van der Waals surface area contributed by atoms with Gasteiger partial charge in [-0.2, -0.15) is 4.98 Å². The van der Waals surface area contributed by atoms with Gasteiger partial charge in [0.25, 0.3) is 0 Å². The third-order valence-corrected chi connectivity index (χ3v) is 8.15. The van der Waals surface area contributed by atoms with Crippen LogP contribution >= 0.6 is 0 Å². The van der Waals surface area contributed by atoms with Crippen LogP contribution in [0.5, 0.6) is 5.75 Å². The number of piperidine rings is 1. The number of likely N-dealkylation sites (tertiary alicyclic amines) is 1. The Kier molecular flexibility index (Phi) is 5.56. The Hall–Kier alpha value is -3.95. The van der Waals surface area contributed by atoms with Gasteiger partial charge in [0, 0.05) is 67.7 Å². The van der Waals surface area contributed by atoms with Gasteiger partial charge in [-0.15, -0.1) is 0 Å². The molecule has 3 N–H and O–H groups in total. The molecular weight excluding hydrogens is 482 g/mol. The molecule has 196 valence electrons. The number of carbonyl (C=O) groups is 2. The molecule has 0 radical (unpaired) electrons.